The van der Waals surface area contributed by atoms with Gasteiger partial charge in [-0.05, 0) is 31.0 Å². The Hall–Kier alpha value is -2.84. The second kappa shape index (κ2) is 7.29. The van der Waals surface area contributed by atoms with E-state index >= 15 is 0 Å². The highest BCUT2D eigenvalue weighted by atomic mass is 19.4. The number of carbonyl (C=O) groups excluding carboxylic acids is 1. The van der Waals surface area contributed by atoms with Crippen molar-refractivity contribution in [3.05, 3.63) is 36.5 Å². The van der Waals surface area contributed by atoms with Gasteiger partial charge in [-0.1, -0.05) is 12.8 Å². The first-order valence-electron chi connectivity index (χ1n) is 9.18. The van der Waals surface area contributed by atoms with Crippen LogP contribution in [0.3, 0.4) is 0 Å². The number of aromatic amines is 1. The number of rotatable bonds is 5. The van der Waals surface area contributed by atoms with Gasteiger partial charge in [0.25, 0.3) is 5.91 Å². The molecule has 0 spiro atoms. The number of hydrogen-bond acceptors (Lipinski definition) is 4. The zero-order valence-electron chi connectivity index (χ0n) is 15.0. The summed E-state index contributed by atoms with van der Waals surface area (Å²) >= 11 is 0. The average molecular weight is 394 g/mol. The van der Waals surface area contributed by atoms with E-state index in [1.165, 1.54) is 17.3 Å². The van der Waals surface area contributed by atoms with E-state index in [4.69, 9.17) is 4.42 Å². The summed E-state index contributed by atoms with van der Waals surface area (Å²) in [4.78, 5) is 25.5. The molecule has 4 rings (SSSR count). The summed E-state index contributed by atoms with van der Waals surface area (Å²) < 4.78 is 43.9. The van der Waals surface area contributed by atoms with E-state index in [1.807, 2.05) is 0 Å². The second-order valence-electron chi connectivity index (χ2n) is 6.93. The molecule has 1 N–H and O–H groups in total. The fourth-order valence-electron chi connectivity index (χ4n) is 3.70. The Balaban J connectivity index is 0.00000240. The average Bonchev–Trinajstić information content (AvgIpc) is 3.40. The SMILES string of the molecule is O=C(c1ccc(-c2ncnc3[nH]ccc23)o1)N(CCC(F)(F)F)C1CCCC1.[HH]. The number of fused-ring (bicyclic) bond motifs is 1. The highest BCUT2D eigenvalue weighted by Crippen LogP contribution is 2.30. The number of alkyl halides is 3. The Morgan fingerprint density at radius 2 is 2.04 bits per heavy atom. The Bertz CT molecular complexity index is 979. The topological polar surface area (TPSA) is 75.0 Å². The van der Waals surface area contributed by atoms with Gasteiger partial charge < -0.3 is 14.3 Å². The largest absolute Gasteiger partial charge is 0.449 e. The molecule has 150 valence electrons. The number of carbonyl (C=O) groups is 1. The summed E-state index contributed by atoms with van der Waals surface area (Å²) in [6.07, 6.45) is 1.01. The first kappa shape index (κ1) is 18.5. The molecule has 0 unspecified atom stereocenters. The molecule has 0 radical (unpaired) electrons. The van der Waals surface area contributed by atoms with Crippen LogP contribution >= 0.6 is 0 Å². The van der Waals surface area contributed by atoms with Crippen LogP contribution in [0, 0.1) is 0 Å². The van der Waals surface area contributed by atoms with Gasteiger partial charge in [0.15, 0.2) is 11.5 Å². The van der Waals surface area contributed by atoms with Crippen LogP contribution in [0.1, 0.15) is 44.1 Å². The smallest absolute Gasteiger partial charge is 0.390 e. The van der Waals surface area contributed by atoms with Crippen molar-refractivity contribution < 1.29 is 23.8 Å². The van der Waals surface area contributed by atoms with E-state index in [0.29, 0.717) is 29.9 Å². The molecule has 6 nitrogen and oxygen atoms in total. The van der Waals surface area contributed by atoms with Gasteiger partial charge in [-0.3, -0.25) is 4.79 Å². The number of nitrogens with one attached hydrogen (secondary N) is 1. The van der Waals surface area contributed by atoms with Crippen LogP contribution in [-0.4, -0.2) is 44.5 Å². The van der Waals surface area contributed by atoms with E-state index < -0.39 is 18.5 Å². The third-order valence-electron chi connectivity index (χ3n) is 5.07. The predicted molar refractivity (Wildman–Crippen MR) is 97.7 cm³/mol. The van der Waals surface area contributed by atoms with E-state index in [0.717, 1.165) is 18.2 Å². The maximum absolute atomic E-state index is 12.9. The molecule has 9 heteroatoms. The molecule has 3 heterocycles. The van der Waals surface area contributed by atoms with Crippen molar-refractivity contribution in [1.29, 1.82) is 0 Å². The van der Waals surface area contributed by atoms with E-state index in [-0.39, 0.29) is 19.8 Å². The summed E-state index contributed by atoms with van der Waals surface area (Å²) in [5.74, 6) is -0.120. The van der Waals surface area contributed by atoms with Crippen molar-refractivity contribution in [2.75, 3.05) is 6.54 Å². The van der Waals surface area contributed by atoms with Gasteiger partial charge in [0, 0.05) is 25.6 Å². The summed E-state index contributed by atoms with van der Waals surface area (Å²) in [6, 6.07) is 4.72. The monoisotopic (exact) mass is 394 g/mol. The number of halogens is 3. The molecule has 0 aromatic carbocycles. The Labute approximate surface area is 160 Å². The van der Waals surface area contributed by atoms with E-state index in [1.54, 1.807) is 18.3 Å². The van der Waals surface area contributed by atoms with E-state index in [9.17, 15) is 18.0 Å². The lowest BCUT2D eigenvalue weighted by Gasteiger charge is -2.28. The van der Waals surface area contributed by atoms with Crippen LogP contribution in [0.5, 0.6) is 0 Å². The van der Waals surface area contributed by atoms with Crippen LogP contribution in [0.2, 0.25) is 0 Å². The predicted octanol–water partition coefficient (Wildman–Crippen LogP) is 4.80. The molecule has 3 aromatic heterocycles. The van der Waals surface area contributed by atoms with Gasteiger partial charge in [0.2, 0.25) is 0 Å². The van der Waals surface area contributed by atoms with Crippen LogP contribution in [0.25, 0.3) is 22.5 Å². The lowest BCUT2D eigenvalue weighted by Crippen LogP contribution is -2.40. The molecule has 1 fully saturated rings. The van der Waals surface area contributed by atoms with Crippen molar-refractivity contribution in [2.24, 2.45) is 0 Å². The maximum Gasteiger partial charge on any atom is 0.390 e. The molecule has 0 bridgehead atoms. The van der Waals surface area contributed by atoms with Crippen molar-refractivity contribution in [3.8, 4) is 11.5 Å². The number of aromatic nitrogens is 3. The number of hydrogen-bond donors (Lipinski definition) is 1. The molecule has 3 aromatic rings. The normalized spacial score (nSPS) is 15.4. The number of amides is 1. The fourth-order valence-corrected chi connectivity index (χ4v) is 3.70. The number of H-pyrrole nitrogens is 1. The molecule has 1 aliphatic carbocycles. The molecule has 28 heavy (non-hydrogen) atoms. The zero-order valence-corrected chi connectivity index (χ0v) is 15.0. The van der Waals surface area contributed by atoms with Crippen molar-refractivity contribution >= 4 is 16.9 Å². The minimum absolute atomic E-state index is 0. The summed E-state index contributed by atoms with van der Waals surface area (Å²) in [6.45, 7) is -0.363. The standard InChI is InChI=1S/C19H19F3N4O2.H2/c20-19(21,22)8-10-26(12-3-1-2-4-12)18(27)15-6-5-14(28-15)16-13-7-9-23-17(13)25-11-24-16;/h5-7,9,11-12H,1-4,8,10H2,(H,23,24,25);1H. The lowest BCUT2D eigenvalue weighted by atomic mass is 10.2. The molecule has 0 saturated heterocycles. The summed E-state index contributed by atoms with van der Waals surface area (Å²) in [5, 5.41) is 0.737. The highest BCUT2D eigenvalue weighted by Gasteiger charge is 2.34. The third kappa shape index (κ3) is 3.74. The Morgan fingerprint density at radius 3 is 2.79 bits per heavy atom. The van der Waals surface area contributed by atoms with Gasteiger partial charge in [-0.25, -0.2) is 9.97 Å². The molecule has 0 aliphatic heterocycles. The molecule has 1 saturated carbocycles. The van der Waals surface area contributed by atoms with Gasteiger partial charge in [0.05, 0.1) is 6.42 Å². The lowest BCUT2D eigenvalue weighted by molar-refractivity contribution is -0.137. The van der Waals surface area contributed by atoms with Gasteiger partial charge >= 0.3 is 6.18 Å². The zero-order chi connectivity index (χ0) is 19.7. The summed E-state index contributed by atoms with van der Waals surface area (Å²) in [7, 11) is 0. The summed E-state index contributed by atoms with van der Waals surface area (Å²) in [5.41, 5.74) is 1.15. The Morgan fingerprint density at radius 1 is 1.25 bits per heavy atom. The van der Waals surface area contributed by atoms with Crippen molar-refractivity contribution in [2.45, 2.75) is 44.3 Å². The van der Waals surface area contributed by atoms with Crippen LogP contribution in [0.15, 0.2) is 35.1 Å². The molecule has 1 aliphatic rings. The fraction of sp³-hybridized carbons (Fsp3) is 0.421. The number of nitrogens with zero attached hydrogens (tertiary/aromatic N) is 3. The molecular weight excluding hydrogens is 373 g/mol. The second-order valence-corrected chi connectivity index (χ2v) is 6.93. The quantitative estimate of drug-likeness (QED) is 0.674. The molecule has 1 amide bonds. The molecule has 0 atom stereocenters. The van der Waals surface area contributed by atoms with Crippen LogP contribution < -0.4 is 0 Å². The maximum atomic E-state index is 12.9. The first-order valence-corrected chi connectivity index (χ1v) is 9.18. The third-order valence-corrected chi connectivity index (χ3v) is 5.07. The van der Waals surface area contributed by atoms with Crippen LogP contribution in [-0.2, 0) is 0 Å². The highest BCUT2D eigenvalue weighted by molar-refractivity contribution is 5.94. The van der Waals surface area contributed by atoms with Gasteiger partial charge in [0.1, 0.15) is 17.7 Å². The Kier molecular flexibility index (Phi) is 4.82. The first-order chi connectivity index (χ1) is 13.4. The molecular formula is C19H21F3N4O2. The minimum Gasteiger partial charge on any atom is -0.449 e. The van der Waals surface area contributed by atoms with Gasteiger partial charge in [-0.2, -0.15) is 13.2 Å². The minimum atomic E-state index is -4.31. The van der Waals surface area contributed by atoms with Gasteiger partial charge in [-0.15, -0.1) is 0 Å². The van der Waals surface area contributed by atoms with Crippen LogP contribution in [0.4, 0.5) is 13.2 Å². The van der Waals surface area contributed by atoms with Crippen molar-refractivity contribution in [1.82, 2.24) is 19.9 Å². The van der Waals surface area contributed by atoms with Crippen molar-refractivity contribution in [3.63, 3.8) is 0 Å². The number of furan rings is 1. The van der Waals surface area contributed by atoms with E-state index in [2.05, 4.69) is 15.0 Å².